The Bertz CT molecular complexity index is 505. The minimum absolute atomic E-state index is 0.0181. The van der Waals surface area contributed by atoms with Crippen LogP contribution in [-0.4, -0.2) is 67.0 Å². The Kier molecular flexibility index (Phi) is 7.84. The van der Waals surface area contributed by atoms with Gasteiger partial charge in [-0.15, -0.1) is 0 Å². The van der Waals surface area contributed by atoms with E-state index in [9.17, 15) is 14.4 Å². The summed E-state index contributed by atoms with van der Waals surface area (Å²) in [6.07, 6.45) is 3.97. The van der Waals surface area contributed by atoms with E-state index in [1.165, 1.54) is 0 Å². The van der Waals surface area contributed by atoms with Crippen LogP contribution in [0.2, 0.25) is 0 Å². The third-order valence-corrected chi connectivity index (χ3v) is 5.08. The average Bonchev–Trinajstić information content (AvgIpc) is 3.13. The van der Waals surface area contributed by atoms with Crippen LogP contribution < -0.4 is 21.3 Å². The number of hydrogen-bond donors (Lipinski definition) is 4. The number of nitrogens with one attached hydrogen (secondary N) is 4. The highest BCUT2D eigenvalue weighted by Gasteiger charge is 2.29. The van der Waals surface area contributed by atoms with E-state index in [0.717, 1.165) is 45.3 Å². The number of urea groups is 1. The molecule has 8 nitrogen and oxygen atoms in total. The van der Waals surface area contributed by atoms with Crippen LogP contribution in [0.15, 0.2) is 0 Å². The lowest BCUT2D eigenvalue weighted by Crippen LogP contribution is -2.53. The first-order valence-corrected chi connectivity index (χ1v) is 9.73. The number of hydrogen-bond acceptors (Lipinski definition) is 5. The molecule has 3 unspecified atom stereocenters. The van der Waals surface area contributed by atoms with E-state index in [-0.39, 0.29) is 29.9 Å². The summed E-state index contributed by atoms with van der Waals surface area (Å²) in [7, 11) is 0. The molecule has 0 aromatic carbocycles. The number of imide groups is 1. The van der Waals surface area contributed by atoms with Crippen molar-refractivity contribution in [2.24, 2.45) is 5.92 Å². The molecule has 0 aromatic rings. The van der Waals surface area contributed by atoms with Gasteiger partial charge < -0.3 is 16.0 Å². The van der Waals surface area contributed by atoms with E-state index in [2.05, 4.69) is 26.2 Å². The van der Waals surface area contributed by atoms with Crippen molar-refractivity contribution in [1.82, 2.24) is 26.2 Å². The zero-order chi connectivity index (χ0) is 19.1. The third-order valence-electron chi connectivity index (χ3n) is 5.08. The lowest BCUT2D eigenvalue weighted by molar-refractivity contribution is -0.126. The summed E-state index contributed by atoms with van der Waals surface area (Å²) >= 11 is 0. The van der Waals surface area contributed by atoms with Crippen molar-refractivity contribution < 1.29 is 14.4 Å². The summed E-state index contributed by atoms with van der Waals surface area (Å²) in [4.78, 5) is 38.2. The first-order chi connectivity index (χ1) is 12.4. The van der Waals surface area contributed by atoms with Gasteiger partial charge in [-0.05, 0) is 65.5 Å². The SMILES string of the molecule is CC(C)NC(=O)NC(=O)C(C)N1CCCC(CNC(=O)C2CCCN2)C1. The highest BCUT2D eigenvalue weighted by Crippen LogP contribution is 2.18. The number of carbonyl (C=O) groups is 3. The van der Waals surface area contributed by atoms with Crippen LogP contribution in [0.1, 0.15) is 46.5 Å². The van der Waals surface area contributed by atoms with Crippen LogP contribution in [0.4, 0.5) is 4.79 Å². The van der Waals surface area contributed by atoms with Gasteiger partial charge in [0.2, 0.25) is 11.8 Å². The predicted octanol–water partition coefficient (Wildman–Crippen LogP) is 0.189. The Balaban J connectivity index is 1.76. The van der Waals surface area contributed by atoms with Gasteiger partial charge in [-0.3, -0.25) is 19.8 Å². The van der Waals surface area contributed by atoms with Crippen LogP contribution in [0.25, 0.3) is 0 Å². The van der Waals surface area contributed by atoms with E-state index < -0.39 is 6.03 Å². The summed E-state index contributed by atoms with van der Waals surface area (Å²) in [5.74, 6) is 0.118. The maximum absolute atomic E-state index is 12.3. The van der Waals surface area contributed by atoms with Crippen LogP contribution >= 0.6 is 0 Å². The van der Waals surface area contributed by atoms with Crippen molar-refractivity contribution in [3.8, 4) is 0 Å². The van der Waals surface area contributed by atoms with Crippen molar-refractivity contribution >= 4 is 17.8 Å². The maximum atomic E-state index is 12.3. The van der Waals surface area contributed by atoms with Crippen LogP contribution in [-0.2, 0) is 9.59 Å². The van der Waals surface area contributed by atoms with Crippen LogP contribution in [0, 0.1) is 5.92 Å². The predicted molar refractivity (Wildman–Crippen MR) is 99.6 cm³/mol. The van der Waals surface area contributed by atoms with Crippen molar-refractivity contribution in [3.63, 3.8) is 0 Å². The van der Waals surface area contributed by atoms with E-state index in [1.54, 1.807) is 0 Å². The summed E-state index contributed by atoms with van der Waals surface area (Å²) < 4.78 is 0. The Morgan fingerprint density at radius 1 is 1.15 bits per heavy atom. The zero-order valence-corrected chi connectivity index (χ0v) is 16.1. The highest BCUT2D eigenvalue weighted by atomic mass is 16.2. The van der Waals surface area contributed by atoms with Gasteiger partial charge >= 0.3 is 6.03 Å². The Morgan fingerprint density at radius 2 is 1.92 bits per heavy atom. The number of piperidine rings is 1. The van der Waals surface area contributed by atoms with Gasteiger partial charge in [0, 0.05) is 19.1 Å². The Morgan fingerprint density at radius 3 is 2.58 bits per heavy atom. The largest absolute Gasteiger partial charge is 0.354 e. The summed E-state index contributed by atoms with van der Waals surface area (Å²) in [5.41, 5.74) is 0. The lowest BCUT2D eigenvalue weighted by atomic mass is 9.96. The summed E-state index contributed by atoms with van der Waals surface area (Å²) in [6, 6.07) is -0.904. The second-order valence-corrected chi connectivity index (χ2v) is 7.69. The molecule has 0 spiro atoms. The molecule has 4 N–H and O–H groups in total. The van der Waals surface area contributed by atoms with Gasteiger partial charge in [0.05, 0.1) is 12.1 Å². The van der Waals surface area contributed by atoms with Crippen molar-refractivity contribution in [1.29, 1.82) is 0 Å². The Hall–Kier alpha value is -1.67. The van der Waals surface area contributed by atoms with Gasteiger partial charge in [-0.1, -0.05) is 0 Å². The molecule has 2 rings (SSSR count). The molecule has 26 heavy (non-hydrogen) atoms. The second-order valence-electron chi connectivity index (χ2n) is 7.69. The molecule has 8 heteroatoms. The van der Waals surface area contributed by atoms with E-state index in [4.69, 9.17) is 0 Å². The number of likely N-dealkylation sites (tertiary alicyclic amines) is 1. The number of amides is 4. The molecular formula is C18H33N5O3. The molecular weight excluding hydrogens is 334 g/mol. The lowest BCUT2D eigenvalue weighted by Gasteiger charge is -2.36. The molecule has 2 heterocycles. The first kappa shape index (κ1) is 20.6. The maximum Gasteiger partial charge on any atom is 0.321 e. The zero-order valence-electron chi connectivity index (χ0n) is 16.1. The first-order valence-electron chi connectivity index (χ1n) is 9.73. The fourth-order valence-corrected chi connectivity index (χ4v) is 3.57. The fraction of sp³-hybridized carbons (Fsp3) is 0.833. The Labute approximate surface area is 155 Å². The van der Waals surface area contributed by atoms with Crippen LogP contribution in [0.5, 0.6) is 0 Å². The molecule has 0 aromatic heterocycles. The molecule has 0 radical (unpaired) electrons. The van der Waals surface area contributed by atoms with Gasteiger partial charge in [0.1, 0.15) is 0 Å². The average molecular weight is 367 g/mol. The van der Waals surface area contributed by atoms with Gasteiger partial charge in [-0.2, -0.15) is 0 Å². The van der Waals surface area contributed by atoms with E-state index >= 15 is 0 Å². The van der Waals surface area contributed by atoms with E-state index in [1.807, 2.05) is 20.8 Å². The number of rotatable bonds is 6. The molecule has 0 saturated carbocycles. The monoisotopic (exact) mass is 367 g/mol. The van der Waals surface area contributed by atoms with Gasteiger partial charge in [0.25, 0.3) is 0 Å². The molecule has 4 amide bonds. The van der Waals surface area contributed by atoms with Crippen molar-refractivity contribution in [2.75, 3.05) is 26.2 Å². The molecule has 148 valence electrons. The molecule has 0 aliphatic carbocycles. The summed E-state index contributed by atoms with van der Waals surface area (Å²) in [5, 5.41) is 11.3. The minimum atomic E-state index is -0.457. The molecule has 2 fully saturated rings. The molecule has 2 aliphatic heterocycles. The minimum Gasteiger partial charge on any atom is -0.354 e. The third kappa shape index (κ3) is 6.25. The normalized spacial score (nSPS) is 24.9. The number of carbonyl (C=O) groups excluding carboxylic acids is 3. The van der Waals surface area contributed by atoms with E-state index in [0.29, 0.717) is 12.5 Å². The molecule has 3 atom stereocenters. The standard InChI is InChI=1S/C18H33N5O3/c1-12(2)21-18(26)22-16(24)13(3)23-9-5-6-14(11-23)10-20-17(25)15-7-4-8-19-15/h12-15,19H,4-11H2,1-3H3,(H,20,25)(H2,21,22,24,26). The fourth-order valence-electron chi connectivity index (χ4n) is 3.57. The number of nitrogens with zero attached hydrogens (tertiary/aromatic N) is 1. The molecule has 0 bridgehead atoms. The topological polar surface area (TPSA) is 103 Å². The molecule has 2 saturated heterocycles. The molecule has 2 aliphatic rings. The summed E-state index contributed by atoms with van der Waals surface area (Å²) in [6.45, 7) is 8.63. The van der Waals surface area contributed by atoms with Gasteiger partial charge in [-0.25, -0.2) is 4.79 Å². The van der Waals surface area contributed by atoms with Crippen LogP contribution in [0.3, 0.4) is 0 Å². The highest BCUT2D eigenvalue weighted by molar-refractivity contribution is 5.96. The van der Waals surface area contributed by atoms with Crippen molar-refractivity contribution in [3.05, 3.63) is 0 Å². The quantitative estimate of drug-likeness (QED) is 0.537. The smallest absolute Gasteiger partial charge is 0.321 e. The van der Waals surface area contributed by atoms with Crippen molar-refractivity contribution in [2.45, 2.75) is 64.6 Å². The van der Waals surface area contributed by atoms with Gasteiger partial charge in [0.15, 0.2) is 0 Å². The second kappa shape index (κ2) is 9.87.